The van der Waals surface area contributed by atoms with E-state index in [0.717, 1.165) is 23.1 Å². The molecule has 0 aromatic heterocycles. The van der Waals surface area contributed by atoms with Crippen LogP contribution in [-0.4, -0.2) is 29.6 Å². The van der Waals surface area contributed by atoms with E-state index in [1.807, 2.05) is 54.6 Å². The van der Waals surface area contributed by atoms with Crippen molar-refractivity contribution in [2.45, 2.75) is 37.8 Å². The number of nitrogens with one attached hydrogen (secondary N) is 1. The third kappa shape index (κ3) is 4.70. The normalized spacial score (nSPS) is 17.2. The summed E-state index contributed by atoms with van der Waals surface area (Å²) in [7, 11) is 0. The van der Waals surface area contributed by atoms with Crippen molar-refractivity contribution in [2.24, 2.45) is 0 Å². The second kappa shape index (κ2) is 8.63. The Kier molecular flexibility index (Phi) is 6.02. The molecule has 0 bridgehead atoms. The maximum Gasteiger partial charge on any atom is 0.303 e. The van der Waals surface area contributed by atoms with E-state index >= 15 is 0 Å². The standard InChI is InChI=1S/C21H23NO4/c23-19(24)11-10-17(14-15-6-2-1-3-7-15)22-21(25)20-18-9-5-4-8-16(18)12-13-26-20/h1-9,17,20H,10-14H2,(H,22,25)(H,23,24). The molecular formula is C21H23NO4. The van der Waals surface area contributed by atoms with Crippen molar-refractivity contribution >= 4 is 11.9 Å². The lowest BCUT2D eigenvalue weighted by Gasteiger charge is -2.27. The number of rotatable bonds is 7. The van der Waals surface area contributed by atoms with E-state index in [9.17, 15) is 9.59 Å². The van der Waals surface area contributed by atoms with Crippen molar-refractivity contribution in [1.29, 1.82) is 0 Å². The largest absolute Gasteiger partial charge is 0.481 e. The zero-order chi connectivity index (χ0) is 18.4. The Morgan fingerprint density at radius 1 is 1.12 bits per heavy atom. The van der Waals surface area contributed by atoms with Gasteiger partial charge in [-0.05, 0) is 36.0 Å². The fraction of sp³-hybridized carbons (Fsp3) is 0.333. The van der Waals surface area contributed by atoms with Gasteiger partial charge in [0.25, 0.3) is 5.91 Å². The van der Waals surface area contributed by atoms with E-state index in [1.165, 1.54) is 0 Å². The summed E-state index contributed by atoms with van der Waals surface area (Å²) in [4.78, 5) is 23.8. The van der Waals surface area contributed by atoms with Crippen LogP contribution in [0.4, 0.5) is 0 Å². The van der Waals surface area contributed by atoms with Crippen molar-refractivity contribution in [3.05, 3.63) is 71.3 Å². The SMILES string of the molecule is O=C(O)CCC(Cc1ccccc1)NC(=O)C1OCCc2ccccc21. The predicted octanol–water partition coefficient (Wildman–Crippen LogP) is 2.89. The highest BCUT2D eigenvalue weighted by Gasteiger charge is 2.28. The van der Waals surface area contributed by atoms with Crippen LogP contribution in [0.5, 0.6) is 0 Å². The Bertz CT molecular complexity index is 760. The average Bonchev–Trinajstić information content (AvgIpc) is 2.66. The fourth-order valence-electron chi connectivity index (χ4n) is 3.31. The van der Waals surface area contributed by atoms with E-state index < -0.39 is 12.1 Å². The molecule has 2 unspecified atom stereocenters. The summed E-state index contributed by atoms with van der Waals surface area (Å²) in [5.41, 5.74) is 3.09. The molecule has 1 amide bonds. The van der Waals surface area contributed by atoms with Gasteiger partial charge in [-0.2, -0.15) is 0 Å². The number of carboxylic acid groups (broad SMARTS) is 1. The molecule has 0 spiro atoms. The van der Waals surface area contributed by atoms with Gasteiger partial charge in [-0.1, -0.05) is 54.6 Å². The molecule has 0 radical (unpaired) electrons. The van der Waals surface area contributed by atoms with E-state index in [2.05, 4.69) is 5.32 Å². The van der Waals surface area contributed by atoms with Gasteiger partial charge in [0, 0.05) is 12.5 Å². The predicted molar refractivity (Wildman–Crippen MR) is 97.8 cm³/mol. The Morgan fingerprint density at radius 2 is 1.85 bits per heavy atom. The number of hydrogen-bond donors (Lipinski definition) is 2. The van der Waals surface area contributed by atoms with Crippen molar-refractivity contribution in [2.75, 3.05) is 6.61 Å². The highest BCUT2D eigenvalue weighted by Crippen LogP contribution is 2.27. The van der Waals surface area contributed by atoms with Gasteiger partial charge < -0.3 is 15.2 Å². The number of amides is 1. The number of ether oxygens (including phenoxy) is 1. The first-order chi connectivity index (χ1) is 12.6. The molecule has 0 aliphatic carbocycles. The van der Waals surface area contributed by atoms with Gasteiger partial charge in [0.15, 0.2) is 6.10 Å². The van der Waals surface area contributed by atoms with E-state index in [0.29, 0.717) is 19.4 Å². The number of benzene rings is 2. The Hall–Kier alpha value is -2.66. The maximum absolute atomic E-state index is 12.8. The zero-order valence-electron chi connectivity index (χ0n) is 14.6. The van der Waals surface area contributed by atoms with Crippen molar-refractivity contribution in [1.82, 2.24) is 5.32 Å². The van der Waals surface area contributed by atoms with Crippen molar-refractivity contribution < 1.29 is 19.4 Å². The molecule has 0 saturated carbocycles. The molecule has 2 aromatic rings. The minimum absolute atomic E-state index is 0.0138. The van der Waals surface area contributed by atoms with Gasteiger partial charge in [0.05, 0.1) is 6.61 Å². The smallest absolute Gasteiger partial charge is 0.303 e. The van der Waals surface area contributed by atoms with Gasteiger partial charge in [-0.25, -0.2) is 0 Å². The van der Waals surface area contributed by atoms with Crippen LogP contribution in [0.1, 0.15) is 35.6 Å². The van der Waals surface area contributed by atoms with Crippen molar-refractivity contribution in [3.8, 4) is 0 Å². The van der Waals surface area contributed by atoms with Crippen LogP contribution >= 0.6 is 0 Å². The number of carbonyl (C=O) groups excluding carboxylic acids is 1. The number of hydrogen-bond acceptors (Lipinski definition) is 3. The highest BCUT2D eigenvalue weighted by atomic mass is 16.5. The third-order valence-corrected chi connectivity index (χ3v) is 4.61. The fourth-order valence-corrected chi connectivity index (χ4v) is 3.31. The van der Waals surface area contributed by atoms with Gasteiger partial charge >= 0.3 is 5.97 Å². The molecule has 2 N–H and O–H groups in total. The number of fused-ring (bicyclic) bond motifs is 1. The number of aliphatic carboxylic acids is 1. The highest BCUT2D eigenvalue weighted by molar-refractivity contribution is 5.83. The molecule has 2 aromatic carbocycles. The quantitative estimate of drug-likeness (QED) is 0.802. The van der Waals surface area contributed by atoms with Gasteiger partial charge in [0.2, 0.25) is 0 Å². The minimum atomic E-state index is -0.864. The Balaban J connectivity index is 1.71. The molecule has 26 heavy (non-hydrogen) atoms. The lowest BCUT2D eigenvalue weighted by molar-refractivity contribution is -0.138. The summed E-state index contributed by atoms with van der Waals surface area (Å²) in [6, 6.07) is 17.3. The van der Waals surface area contributed by atoms with Crippen LogP contribution in [0.25, 0.3) is 0 Å². The van der Waals surface area contributed by atoms with Crippen LogP contribution in [-0.2, 0) is 27.2 Å². The lowest BCUT2D eigenvalue weighted by Crippen LogP contribution is -2.41. The first kappa shape index (κ1) is 18.1. The molecule has 5 nitrogen and oxygen atoms in total. The van der Waals surface area contributed by atoms with E-state index in [1.54, 1.807) is 0 Å². The molecule has 3 rings (SSSR count). The van der Waals surface area contributed by atoms with E-state index in [-0.39, 0.29) is 18.4 Å². The minimum Gasteiger partial charge on any atom is -0.481 e. The second-order valence-electron chi connectivity index (χ2n) is 6.53. The monoisotopic (exact) mass is 353 g/mol. The molecule has 1 aliphatic heterocycles. The van der Waals surface area contributed by atoms with Crippen molar-refractivity contribution in [3.63, 3.8) is 0 Å². The molecule has 136 valence electrons. The second-order valence-corrected chi connectivity index (χ2v) is 6.53. The zero-order valence-corrected chi connectivity index (χ0v) is 14.6. The molecule has 2 atom stereocenters. The summed E-state index contributed by atoms with van der Waals surface area (Å²) >= 11 is 0. The summed E-state index contributed by atoms with van der Waals surface area (Å²) in [5, 5.41) is 12.0. The molecule has 1 aliphatic rings. The average molecular weight is 353 g/mol. The molecule has 5 heteroatoms. The molecule has 1 heterocycles. The first-order valence-corrected chi connectivity index (χ1v) is 8.89. The molecule has 0 saturated heterocycles. The maximum atomic E-state index is 12.8. The van der Waals surface area contributed by atoms with Gasteiger partial charge in [0.1, 0.15) is 0 Å². The summed E-state index contributed by atoms with van der Waals surface area (Å²) in [6.45, 7) is 0.508. The molecule has 0 fully saturated rings. The number of carbonyl (C=O) groups is 2. The third-order valence-electron chi connectivity index (χ3n) is 4.61. The van der Waals surface area contributed by atoms with Crippen LogP contribution in [0.3, 0.4) is 0 Å². The van der Waals surface area contributed by atoms with Gasteiger partial charge in [-0.15, -0.1) is 0 Å². The van der Waals surface area contributed by atoms with Crippen LogP contribution < -0.4 is 5.32 Å². The van der Waals surface area contributed by atoms with Crippen LogP contribution in [0.2, 0.25) is 0 Å². The lowest BCUT2D eigenvalue weighted by atomic mass is 9.96. The first-order valence-electron chi connectivity index (χ1n) is 8.89. The Labute approximate surface area is 153 Å². The van der Waals surface area contributed by atoms with Gasteiger partial charge in [-0.3, -0.25) is 9.59 Å². The number of carboxylic acids is 1. The van der Waals surface area contributed by atoms with Crippen LogP contribution in [0.15, 0.2) is 54.6 Å². The van der Waals surface area contributed by atoms with Crippen LogP contribution in [0, 0.1) is 0 Å². The Morgan fingerprint density at radius 3 is 2.62 bits per heavy atom. The topological polar surface area (TPSA) is 75.6 Å². The molecular weight excluding hydrogens is 330 g/mol. The summed E-state index contributed by atoms with van der Waals surface area (Å²) in [6.07, 6.45) is 1.15. The van der Waals surface area contributed by atoms with E-state index in [4.69, 9.17) is 9.84 Å². The summed E-state index contributed by atoms with van der Waals surface area (Å²) < 4.78 is 5.71. The summed E-state index contributed by atoms with van der Waals surface area (Å²) in [5.74, 6) is -1.07.